The third-order valence-electron chi connectivity index (χ3n) is 12.4. The molecule has 0 bridgehead atoms. The maximum atomic E-state index is 13.0. The van der Waals surface area contributed by atoms with Crippen LogP contribution in [-0.4, -0.2) is 61.6 Å². The Hall–Kier alpha value is -1.63. The summed E-state index contributed by atoms with van der Waals surface area (Å²) in [7, 11) is 0. The molecule has 0 radical (unpaired) electrons. The number of carbonyl (C=O) groups is 3. The second kappa shape index (κ2) is 34.3. The van der Waals surface area contributed by atoms with E-state index in [1.807, 2.05) is 0 Å². The van der Waals surface area contributed by atoms with Crippen LogP contribution in [-0.2, 0) is 23.9 Å². The Kier molecular flexibility index (Phi) is 32.0. The van der Waals surface area contributed by atoms with Crippen molar-refractivity contribution in [2.75, 3.05) is 32.8 Å². The number of esters is 2. The van der Waals surface area contributed by atoms with Crippen LogP contribution >= 0.6 is 0 Å². The van der Waals surface area contributed by atoms with E-state index in [9.17, 15) is 14.4 Å². The van der Waals surface area contributed by atoms with Gasteiger partial charge >= 0.3 is 11.9 Å². The normalized spacial score (nSPS) is 15.4. The Labute approximate surface area is 347 Å². The summed E-state index contributed by atoms with van der Waals surface area (Å²) in [5, 5.41) is 3.43. The van der Waals surface area contributed by atoms with Crippen LogP contribution in [0.3, 0.4) is 0 Å². The number of nitrogens with zero attached hydrogens (tertiary/aromatic N) is 1. The highest BCUT2D eigenvalue weighted by molar-refractivity contribution is 5.76. The number of carbonyl (C=O) groups excluding carboxylic acids is 3. The molecule has 56 heavy (non-hydrogen) atoms. The van der Waals surface area contributed by atoms with Gasteiger partial charge in [0.25, 0.3) is 0 Å². The van der Waals surface area contributed by atoms with Gasteiger partial charge in [0, 0.05) is 31.8 Å². The van der Waals surface area contributed by atoms with Crippen molar-refractivity contribution in [3.05, 3.63) is 0 Å². The fourth-order valence-electron chi connectivity index (χ4n) is 7.98. The van der Waals surface area contributed by atoms with E-state index in [-0.39, 0.29) is 23.9 Å². The lowest BCUT2D eigenvalue weighted by molar-refractivity contribution is -0.146. The lowest BCUT2D eigenvalue weighted by atomic mass is 9.89. The van der Waals surface area contributed by atoms with Crippen molar-refractivity contribution in [1.29, 1.82) is 0 Å². The third kappa shape index (κ3) is 30.4. The number of piperidine rings is 1. The molecule has 2 atom stereocenters. The van der Waals surface area contributed by atoms with Gasteiger partial charge in [0.1, 0.15) is 0 Å². The van der Waals surface area contributed by atoms with Gasteiger partial charge in [-0.05, 0) is 100.0 Å². The monoisotopic (exact) mass is 791 g/mol. The van der Waals surface area contributed by atoms with E-state index in [0.29, 0.717) is 68.0 Å². The summed E-state index contributed by atoms with van der Waals surface area (Å²) in [5.74, 6) is 3.57. The van der Waals surface area contributed by atoms with E-state index in [4.69, 9.17) is 9.47 Å². The van der Waals surface area contributed by atoms with Crippen LogP contribution in [0.1, 0.15) is 222 Å². The lowest BCUT2D eigenvalue weighted by Crippen LogP contribution is -2.38. The Balaban J connectivity index is 2.26. The van der Waals surface area contributed by atoms with Crippen LogP contribution in [0.5, 0.6) is 0 Å². The molecule has 0 aromatic rings. The number of nitrogens with one attached hydrogen (secondary N) is 1. The molecule has 1 heterocycles. The molecule has 0 aromatic heterocycles. The molecule has 1 aliphatic rings. The minimum absolute atomic E-state index is 0.0267. The zero-order chi connectivity index (χ0) is 41.4. The highest BCUT2D eigenvalue weighted by Crippen LogP contribution is 2.23. The molecule has 7 nitrogen and oxygen atoms in total. The third-order valence-corrected chi connectivity index (χ3v) is 12.4. The largest absolute Gasteiger partial charge is 0.465 e. The van der Waals surface area contributed by atoms with E-state index in [1.165, 1.54) is 83.5 Å². The zero-order valence-corrected chi connectivity index (χ0v) is 38.5. The zero-order valence-electron chi connectivity index (χ0n) is 38.5. The van der Waals surface area contributed by atoms with Gasteiger partial charge in [-0.15, -0.1) is 0 Å². The van der Waals surface area contributed by atoms with Gasteiger partial charge in [-0.1, -0.05) is 152 Å². The highest BCUT2D eigenvalue weighted by Gasteiger charge is 2.19. The molecular formula is C49H94N2O5. The highest BCUT2D eigenvalue weighted by atomic mass is 16.5. The lowest BCUT2D eigenvalue weighted by Gasteiger charge is -2.26. The van der Waals surface area contributed by atoms with Gasteiger partial charge in [-0.3, -0.25) is 14.4 Å². The quantitative estimate of drug-likeness (QED) is 0.0502. The van der Waals surface area contributed by atoms with Crippen molar-refractivity contribution in [3.8, 4) is 0 Å². The van der Waals surface area contributed by atoms with Gasteiger partial charge in [0.05, 0.1) is 13.2 Å². The first-order valence-corrected chi connectivity index (χ1v) is 24.2. The Morgan fingerprint density at radius 2 is 0.875 bits per heavy atom. The smallest absolute Gasteiger partial charge is 0.305 e. The molecule has 1 N–H and O–H groups in total. The number of hydrogen-bond donors (Lipinski definition) is 1. The van der Waals surface area contributed by atoms with E-state index >= 15 is 0 Å². The van der Waals surface area contributed by atoms with E-state index < -0.39 is 0 Å². The Morgan fingerprint density at radius 1 is 0.482 bits per heavy atom. The van der Waals surface area contributed by atoms with Gasteiger partial charge in [-0.25, -0.2) is 0 Å². The molecule has 1 amide bonds. The van der Waals surface area contributed by atoms with Crippen molar-refractivity contribution in [1.82, 2.24) is 10.2 Å². The molecule has 0 spiro atoms. The molecule has 330 valence electrons. The van der Waals surface area contributed by atoms with Crippen molar-refractivity contribution in [2.45, 2.75) is 228 Å². The number of ether oxygens (including phenoxy) is 2. The van der Waals surface area contributed by atoms with Gasteiger partial charge < -0.3 is 19.7 Å². The van der Waals surface area contributed by atoms with Crippen molar-refractivity contribution in [3.63, 3.8) is 0 Å². The number of likely N-dealkylation sites (tertiary alicyclic amines) is 1. The SMILES string of the molecule is CC(C)CCC(COC(=O)CCCCCCCCCC(CCCCCCCCCC(=O)OCC(CCC(C)C)C(C)C)NC(=O)CCN1CCCCC1)C(C)C. The van der Waals surface area contributed by atoms with Gasteiger partial charge in [-0.2, -0.15) is 0 Å². The molecule has 1 fully saturated rings. The number of unbranched alkanes of at least 4 members (excludes halogenated alkanes) is 12. The Morgan fingerprint density at radius 3 is 1.27 bits per heavy atom. The van der Waals surface area contributed by atoms with Crippen LogP contribution in [0.15, 0.2) is 0 Å². The van der Waals surface area contributed by atoms with Crippen molar-refractivity contribution in [2.24, 2.45) is 35.5 Å². The summed E-state index contributed by atoms with van der Waals surface area (Å²) in [6.07, 6.45) is 28.3. The first kappa shape index (κ1) is 52.4. The van der Waals surface area contributed by atoms with Gasteiger partial charge in [0.2, 0.25) is 5.91 Å². The first-order valence-electron chi connectivity index (χ1n) is 24.2. The predicted octanol–water partition coefficient (Wildman–Crippen LogP) is 12.9. The molecule has 1 rings (SSSR count). The van der Waals surface area contributed by atoms with Crippen LogP contribution < -0.4 is 5.32 Å². The minimum Gasteiger partial charge on any atom is -0.465 e. The molecule has 2 unspecified atom stereocenters. The topological polar surface area (TPSA) is 84.9 Å². The van der Waals surface area contributed by atoms with Crippen LogP contribution in [0, 0.1) is 35.5 Å². The van der Waals surface area contributed by atoms with E-state index in [0.717, 1.165) is 83.8 Å². The molecular weight excluding hydrogens is 697 g/mol. The standard InChI is InChI=1S/C49H94N2O5/c1-40(2)30-32-44(42(5)6)38-55-48(53)28-22-17-13-9-11-15-20-26-46(50-47(52)34-37-51-35-24-19-25-36-51)27-21-16-12-10-14-18-23-29-49(54)56-39-45(43(7)8)33-31-41(3)4/h40-46H,9-39H2,1-8H3,(H,50,52). The van der Waals surface area contributed by atoms with Crippen LogP contribution in [0.2, 0.25) is 0 Å². The summed E-state index contributed by atoms with van der Waals surface area (Å²) in [6.45, 7) is 22.3. The first-order chi connectivity index (χ1) is 26.9. The van der Waals surface area contributed by atoms with Crippen molar-refractivity contribution < 1.29 is 23.9 Å². The van der Waals surface area contributed by atoms with Crippen LogP contribution in [0.25, 0.3) is 0 Å². The molecule has 0 saturated carbocycles. The average Bonchev–Trinajstić information content (AvgIpc) is 3.15. The summed E-state index contributed by atoms with van der Waals surface area (Å²) in [5.41, 5.74) is 0. The molecule has 0 aliphatic carbocycles. The van der Waals surface area contributed by atoms with E-state index in [1.54, 1.807) is 0 Å². The minimum atomic E-state index is -0.0267. The molecule has 7 heteroatoms. The Bertz CT molecular complexity index is 902. The number of hydrogen-bond acceptors (Lipinski definition) is 6. The average molecular weight is 791 g/mol. The summed E-state index contributed by atoms with van der Waals surface area (Å²) in [6, 6.07) is 0.280. The fourth-order valence-corrected chi connectivity index (χ4v) is 7.98. The maximum absolute atomic E-state index is 13.0. The van der Waals surface area contributed by atoms with E-state index in [2.05, 4.69) is 65.6 Å². The molecule has 1 saturated heterocycles. The van der Waals surface area contributed by atoms with Gasteiger partial charge in [0.15, 0.2) is 0 Å². The second-order valence-electron chi connectivity index (χ2n) is 19.3. The fraction of sp³-hybridized carbons (Fsp3) is 0.939. The number of rotatable bonds is 36. The van der Waals surface area contributed by atoms with Crippen molar-refractivity contribution >= 4 is 17.8 Å². The van der Waals surface area contributed by atoms with Crippen LogP contribution in [0.4, 0.5) is 0 Å². The number of amides is 1. The maximum Gasteiger partial charge on any atom is 0.305 e. The predicted molar refractivity (Wildman–Crippen MR) is 237 cm³/mol. The summed E-state index contributed by atoms with van der Waals surface area (Å²) in [4.78, 5) is 40.1. The second-order valence-corrected chi connectivity index (χ2v) is 19.3. The molecule has 0 aromatic carbocycles. The summed E-state index contributed by atoms with van der Waals surface area (Å²) < 4.78 is 11.3. The molecule has 1 aliphatic heterocycles. The summed E-state index contributed by atoms with van der Waals surface area (Å²) >= 11 is 0.